The number of urea groups is 1. The van der Waals surface area contributed by atoms with Gasteiger partial charge in [-0.05, 0) is 48.2 Å². The molecule has 1 unspecified atom stereocenters. The number of rotatable bonds is 6. The van der Waals surface area contributed by atoms with Gasteiger partial charge in [0.25, 0.3) is 5.91 Å². The van der Waals surface area contributed by atoms with Crippen LogP contribution < -0.4 is 9.64 Å². The number of benzene rings is 3. The van der Waals surface area contributed by atoms with Crippen LogP contribution in [0.15, 0.2) is 71.2 Å². The predicted octanol–water partition coefficient (Wildman–Crippen LogP) is 6.88. The van der Waals surface area contributed by atoms with Gasteiger partial charge < -0.3 is 9.64 Å². The molecule has 0 radical (unpaired) electrons. The molecule has 0 bridgehead atoms. The van der Waals surface area contributed by atoms with Crippen molar-refractivity contribution in [1.29, 1.82) is 0 Å². The molecule has 0 saturated carbocycles. The molecule has 34 heavy (non-hydrogen) atoms. The second-order valence-electron chi connectivity index (χ2n) is 8.53. The topological polar surface area (TPSA) is 49.9 Å². The highest BCUT2D eigenvalue weighted by Gasteiger charge is 2.59. The fourth-order valence-electron chi connectivity index (χ4n) is 4.77. The quantitative estimate of drug-likeness (QED) is 0.309. The lowest BCUT2D eigenvalue weighted by Gasteiger charge is -2.28. The number of amides is 3. The Morgan fingerprint density at radius 1 is 0.941 bits per heavy atom. The van der Waals surface area contributed by atoms with Crippen LogP contribution in [0, 0.1) is 0 Å². The van der Waals surface area contributed by atoms with E-state index in [-0.39, 0.29) is 22.0 Å². The van der Waals surface area contributed by atoms with Gasteiger partial charge in [0, 0.05) is 17.4 Å². The van der Waals surface area contributed by atoms with Crippen molar-refractivity contribution in [1.82, 2.24) is 4.90 Å². The van der Waals surface area contributed by atoms with E-state index in [0.29, 0.717) is 37.4 Å². The lowest BCUT2D eigenvalue weighted by molar-refractivity contribution is -0.123. The zero-order chi connectivity index (χ0) is 23.9. The van der Waals surface area contributed by atoms with Crippen LogP contribution >= 0.6 is 39.1 Å². The minimum Gasteiger partial charge on any atom is -0.486 e. The lowest BCUT2D eigenvalue weighted by Crippen LogP contribution is -2.47. The first-order valence-corrected chi connectivity index (χ1v) is 12.5. The van der Waals surface area contributed by atoms with Crippen molar-refractivity contribution in [2.45, 2.75) is 31.4 Å². The van der Waals surface area contributed by atoms with Gasteiger partial charge in [-0.2, -0.15) is 0 Å². The van der Waals surface area contributed by atoms with Crippen molar-refractivity contribution < 1.29 is 14.3 Å². The van der Waals surface area contributed by atoms with Gasteiger partial charge in [0.2, 0.25) is 0 Å². The highest BCUT2D eigenvalue weighted by Crippen LogP contribution is 2.45. The molecule has 5 nitrogen and oxygen atoms in total. The Morgan fingerprint density at radius 2 is 1.62 bits per heavy atom. The number of hydrogen-bond donors (Lipinski definition) is 0. The van der Waals surface area contributed by atoms with Crippen molar-refractivity contribution in [3.05, 3.63) is 92.4 Å². The van der Waals surface area contributed by atoms with Gasteiger partial charge in [-0.25, -0.2) is 9.69 Å². The molecule has 0 N–H and O–H groups in total. The van der Waals surface area contributed by atoms with E-state index in [4.69, 9.17) is 27.9 Å². The van der Waals surface area contributed by atoms with E-state index in [2.05, 4.69) is 15.9 Å². The third kappa shape index (κ3) is 4.08. The summed E-state index contributed by atoms with van der Waals surface area (Å²) in [4.78, 5) is 30.0. The summed E-state index contributed by atoms with van der Waals surface area (Å²) in [6, 6.07) is 20.3. The summed E-state index contributed by atoms with van der Waals surface area (Å²) in [7, 11) is 0. The average Bonchev–Trinajstić information content (AvgIpc) is 3.33. The molecular formula is C26H21BrCl2N2O3. The molecule has 5 rings (SSSR count). The minimum absolute atomic E-state index is 0.244. The molecule has 0 spiro atoms. The molecule has 3 amide bonds. The van der Waals surface area contributed by atoms with Crippen molar-refractivity contribution in [3.63, 3.8) is 0 Å². The number of hydrogen-bond acceptors (Lipinski definition) is 3. The third-order valence-corrected chi connectivity index (χ3v) is 7.48. The summed E-state index contributed by atoms with van der Waals surface area (Å²) >= 11 is 16.4. The molecule has 3 aromatic carbocycles. The number of carbonyl (C=O) groups excluding carboxylic acids is 2. The van der Waals surface area contributed by atoms with Crippen LogP contribution in [-0.4, -0.2) is 28.9 Å². The number of anilines is 1. The Hall–Kier alpha value is -2.54. The maximum atomic E-state index is 13.7. The zero-order valence-electron chi connectivity index (χ0n) is 18.1. The second-order valence-corrected chi connectivity index (χ2v) is 10.3. The second kappa shape index (κ2) is 9.25. The maximum Gasteiger partial charge on any atom is 0.332 e. The summed E-state index contributed by atoms with van der Waals surface area (Å²) in [5.74, 6) is 0.0723. The third-order valence-electron chi connectivity index (χ3n) is 6.39. The molecular weight excluding hydrogens is 539 g/mol. The largest absolute Gasteiger partial charge is 0.486 e. The summed E-state index contributed by atoms with van der Waals surface area (Å²) in [6.07, 6.45) is 1.86. The fourth-order valence-corrected chi connectivity index (χ4v) is 5.61. The van der Waals surface area contributed by atoms with Crippen molar-refractivity contribution >= 4 is 56.8 Å². The van der Waals surface area contributed by atoms with Crippen molar-refractivity contribution in [2.24, 2.45) is 0 Å². The fraction of sp³-hybridized carbons (Fsp3) is 0.231. The first-order chi connectivity index (χ1) is 16.4. The number of carbonyl (C=O) groups is 2. The molecule has 0 aromatic heterocycles. The highest BCUT2D eigenvalue weighted by molar-refractivity contribution is 9.10. The summed E-state index contributed by atoms with van der Waals surface area (Å²) in [6.45, 7) is 0.836. The van der Waals surface area contributed by atoms with Gasteiger partial charge in [0.15, 0.2) is 5.75 Å². The Morgan fingerprint density at radius 3 is 2.29 bits per heavy atom. The maximum absolute atomic E-state index is 13.7. The molecule has 2 aliphatic heterocycles. The van der Waals surface area contributed by atoms with Crippen LogP contribution in [0.1, 0.15) is 24.0 Å². The lowest BCUT2D eigenvalue weighted by atomic mass is 9.88. The first-order valence-electron chi connectivity index (χ1n) is 11.0. The van der Waals surface area contributed by atoms with E-state index >= 15 is 0 Å². The van der Waals surface area contributed by atoms with Crippen LogP contribution in [0.5, 0.6) is 5.75 Å². The Bertz CT molecular complexity index is 1230. The Balaban J connectivity index is 1.43. The van der Waals surface area contributed by atoms with Crippen LogP contribution in [0.4, 0.5) is 10.5 Å². The van der Waals surface area contributed by atoms with E-state index in [9.17, 15) is 9.59 Å². The molecule has 8 heteroatoms. The van der Waals surface area contributed by atoms with Gasteiger partial charge in [-0.15, -0.1) is 0 Å². The molecule has 2 aliphatic rings. The van der Waals surface area contributed by atoms with Gasteiger partial charge in [0.1, 0.15) is 12.1 Å². The van der Waals surface area contributed by atoms with Crippen molar-refractivity contribution in [3.8, 4) is 5.75 Å². The van der Waals surface area contributed by atoms with Crippen LogP contribution in [0.25, 0.3) is 0 Å². The number of ether oxygens (including phenoxy) is 1. The number of fused-ring (bicyclic) bond motifs is 1. The van der Waals surface area contributed by atoms with Gasteiger partial charge in [0.05, 0.1) is 15.7 Å². The Kier molecular flexibility index (Phi) is 6.32. The molecule has 174 valence electrons. The monoisotopic (exact) mass is 558 g/mol. The van der Waals surface area contributed by atoms with Gasteiger partial charge >= 0.3 is 6.03 Å². The molecule has 3 aromatic rings. The van der Waals surface area contributed by atoms with E-state index < -0.39 is 5.54 Å². The normalized spacial score (nSPS) is 19.6. The minimum atomic E-state index is -0.896. The van der Waals surface area contributed by atoms with E-state index in [1.807, 2.05) is 54.6 Å². The SMILES string of the molecule is O=C1N(c2cc(Cl)c(OCc3ccccc3)c(Cl)c2)C(=O)C2(Cc3ccc(Br)cc3)CCCN12. The predicted molar refractivity (Wildman–Crippen MR) is 137 cm³/mol. The smallest absolute Gasteiger partial charge is 0.332 e. The highest BCUT2D eigenvalue weighted by atomic mass is 79.9. The average molecular weight is 560 g/mol. The summed E-state index contributed by atoms with van der Waals surface area (Å²) in [5.41, 5.74) is 1.42. The summed E-state index contributed by atoms with van der Waals surface area (Å²) in [5, 5.41) is 0.487. The van der Waals surface area contributed by atoms with Gasteiger partial charge in [-0.3, -0.25) is 4.79 Å². The van der Waals surface area contributed by atoms with Crippen molar-refractivity contribution in [2.75, 3.05) is 11.4 Å². The van der Waals surface area contributed by atoms with Crippen LogP contribution in [0.3, 0.4) is 0 Å². The Labute approximate surface area is 216 Å². The van der Waals surface area contributed by atoms with E-state index in [1.165, 1.54) is 4.90 Å². The molecule has 1 atom stereocenters. The molecule has 2 fully saturated rings. The molecule has 2 saturated heterocycles. The summed E-state index contributed by atoms with van der Waals surface area (Å²) < 4.78 is 6.81. The van der Waals surface area contributed by atoms with E-state index in [0.717, 1.165) is 22.0 Å². The number of imide groups is 1. The number of nitrogens with zero attached hydrogens (tertiary/aromatic N) is 2. The standard InChI is InChI=1S/C26H21BrCl2N2O3/c27-19-9-7-17(8-10-19)15-26-11-4-12-30(26)25(33)31(24(26)32)20-13-21(28)23(22(29)14-20)34-16-18-5-2-1-3-6-18/h1-3,5-10,13-14H,4,11-12,15-16H2. The van der Waals surface area contributed by atoms with Crippen LogP contribution in [0.2, 0.25) is 10.0 Å². The van der Waals surface area contributed by atoms with Gasteiger partial charge in [-0.1, -0.05) is 81.6 Å². The van der Waals surface area contributed by atoms with E-state index in [1.54, 1.807) is 17.0 Å². The van der Waals surface area contributed by atoms with Crippen LogP contribution in [-0.2, 0) is 17.8 Å². The zero-order valence-corrected chi connectivity index (χ0v) is 21.2. The number of halogens is 3. The first kappa shape index (κ1) is 23.2. The molecule has 2 heterocycles. The molecule has 0 aliphatic carbocycles.